The lowest BCUT2D eigenvalue weighted by molar-refractivity contribution is -0.273. The van der Waals surface area contributed by atoms with Crippen molar-refractivity contribution in [3.63, 3.8) is 0 Å². The van der Waals surface area contributed by atoms with Gasteiger partial charge in [-0.3, -0.25) is 28.2 Å². The summed E-state index contributed by atoms with van der Waals surface area (Å²) in [5.41, 5.74) is 13.0. The number of nitrogens with one attached hydrogen (secondary N) is 2. The van der Waals surface area contributed by atoms with Gasteiger partial charge in [0.25, 0.3) is 5.56 Å². The number of phosphoric ester groups is 2. The second-order valence-corrected chi connectivity index (χ2v) is 12.4. The first-order chi connectivity index (χ1) is 20.6. The maximum atomic E-state index is 12.5. The summed E-state index contributed by atoms with van der Waals surface area (Å²) in [5, 5.41) is 46.0. The van der Waals surface area contributed by atoms with Crippen LogP contribution in [0.4, 0.5) is 5.95 Å². The maximum Gasteiger partial charge on any atom is 0.483 e. The van der Waals surface area contributed by atoms with E-state index in [-0.39, 0.29) is 23.5 Å². The number of aromatic nitrogens is 4. The van der Waals surface area contributed by atoms with Crippen LogP contribution in [0, 0.1) is 0 Å². The summed E-state index contributed by atoms with van der Waals surface area (Å²) in [7, 11) is -11.0. The Morgan fingerprint density at radius 1 is 1.23 bits per heavy atom. The minimum atomic E-state index is -5.62. The molecule has 244 valence electrons. The van der Waals surface area contributed by atoms with Gasteiger partial charge in [-0.15, -0.1) is 0 Å². The predicted octanol–water partition coefficient (Wildman–Crippen LogP) is -3.17. The van der Waals surface area contributed by atoms with Crippen LogP contribution in [0.2, 0.25) is 0 Å². The summed E-state index contributed by atoms with van der Waals surface area (Å²) in [6.07, 6.45) is -12.4. The molecule has 5 unspecified atom stereocenters. The second kappa shape index (κ2) is 13.5. The number of hydrogen-bond donors (Lipinski definition) is 9. The quantitative estimate of drug-likeness (QED) is 0.0465. The number of carbonyl (C=O) groups excluding carboxylic acids is 1. The fraction of sp³-hybridized carbons (Fsp3) is 0.667. The molecular formula is C18H27N9O15P2. The van der Waals surface area contributed by atoms with E-state index in [9.17, 15) is 48.9 Å². The fourth-order valence-corrected chi connectivity index (χ4v) is 6.41. The Hall–Kier alpha value is -3.05. The number of anilines is 1. The van der Waals surface area contributed by atoms with Crippen molar-refractivity contribution in [1.29, 1.82) is 0 Å². The molecule has 2 aliphatic rings. The van der Waals surface area contributed by atoms with Gasteiger partial charge in [0.05, 0.1) is 19.0 Å². The Balaban J connectivity index is 1.33. The molecule has 10 atom stereocenters. The molecule has 0 saturated carbocycles. The number of aromatic amines is 1. The number of rotatable bonds is 12. The van der Waals surface area contributed by atoms with Gasteiger partial charge in [0.15, 0.2) is 23.7 Å². The number of amides is 1. The minimum absolute atomic E-state index is 0.0195. The van der Waals surface area contributed by atoms with Gasteiger partial charge in [-0.25, -0.2) is 14.1 Å². The molecule has 1 amide bonds. The molecule has 0 aromatic carbocycles. The lowest BCUT2D eigenvalue weighted by atomic mass is 9.99. The van der Waals surface area contributed by atoms with Crippen molar-refractivity contribution < 1.29 is 67.0 Å². The normalized spacial score (nSPS) is 31.6. The number of nitrogen functional groups attached to an aromatic ring is 1. The van der Waals surface area contributed by atoms with Crippen molar-refractivity contribution in [2.24, 2.45) is 5.11 Å². The van der Waals surface area contributed by atoms with E-state index in [1.165, 1.54) is 4.57 Å². The zero-order valence-corrected chi connectivity index (χ0v) is 23.8. The highest BCUT2D eigenvalue weighted by Crippen LogP contribution is 2.61. The highest BCUT2D eigenvalue weighted by atomic mass is 31.3. The fourth-order valence-electron chi connectivity index (χ4n) is 4.24. The van der Waals surface area contributed by atoms with Crippen molar-refractivity contribution >= 4 is 38.7 Å². The molecule has 2 aromatic rings. The number of imidazole rings is 1. The topological polar surface area (TPSA) is 369 Å². The van der Waals surface area contributed by atoms with Crippen LogP contribution in [0.5, 0.6) is 0 Å². The van der Waals surface area contributed by atoms with E-state index in [4.69, 9.17) is 25.3 Å². The van der Waals surface area contributed by atoms with Gasteiger partial charge >= 0.3 is 15.6 Å². The number of phosphoric acid groups is 2. The summed E-state index contributed by atoms with van der Waals surface area (Å²) < 4.78 is 50.4. The average Bonchev–Trinajstić information content (AvgIpc) is 3.52. The molecule has 4 heterocycles. The molecule has 44 heavy (non-hydrogen) atoms. The van der Waals surface area contributed by atoms with Crippen LogP contribution in [-0.4, -0.2) is 118 Å². The van der Waals surface area contributed by atoms with Crippen molar-refractivity contribution in [3.05, 3.63) is 27.1 Å². The number of carbonyl (C=O) groups is 1. The molecule has 10 N–H and O–H groups in total. The van der Waals surface area contributed by atoms with Gasteiger partial charge in [0.2, 0.25) is 11.9 Å². The monoisotopic (exact) mass is 671 g/mol. The third-order valence-electron chi connectivity index (χ3n) is 6.20. The Labute approximate surface area is 244 Å². The molecule has 2 aliphatic heterocycles. The number of ether oxygens (including phenoxy) is 2. The SMILES string of the molecule is [N-]=[N+]=NCC(=O)NCC1O[C@H](OP(=O)(O)OP(=O)(O)OC[C@@H]2C[C@H](O)[C@H](n3cnc4c(=O)[nH]c(N)nc43)O2)C(O)C(O)[C@@H]1O. The number of azide groups is 1. The van der Waals surface area contributed by atoms with Crippen LogP contribution in [0.1, 0.15) is 12.6 Å². The highest BCUT2D eigenvalue weighted by molar-refractivity contribution is 7.61. The second-order valence-electron chi connectivity index (χ2n) is 9.35. The maximum absolute atomic E-state index is 12.5. The zero-order chi connectivity index (χ0) is 32.4. The molecule has 2 aromatic heterocycles. The molecule has 24 nitrogen and oxygen atoms in total. The number of aliphatic hydroxyl groups excluding tert-OH is 4. The molecule has 26 heteroatoms. The molecule has 2 saturated heterocycles. The summed E-state index contributed by atoms with van der Waals surface area (Å²) in [4.78, 5) is 56.2. The van der Waals surface area contributed by atoms with Crippen molar-refractivity contribution in [2.75, 3.05) is 25.4 Å². The first-order valence-electron chi connectivity index (χ1n) is 12.3. The van der Waals surface area contributed by atoms with Crippen LogP contribution in [0.15, 0.2) is 16.2 Å². The smallest absolute Gasteiger partial charge is 0.388 e. The molecule has 0 radical (unpaired) electrons. The third-order valence-corrected chi connectivity index (χ3v) is 8.80. The van der Waals surface area contributed by atoms with Crippen molar-refractivity contribution in [3.8, 4) is 0 Å². The molecule has 0 aliphatic carbocycles. The number of H-pyrrole nitrogens is 1. The predicted molar refractivity (Wildman–Crippen MR) is 139 cm³/mol. The number of hydrogen-bond acceptors (Lipinski definition) is 17. The van der Waals surface area contributed by atoms with Crippen molar-refractivity contribution in [1.82, 2.24) is 24.8 Å². The first kappa shape index (κ1) is 33.8. The summed E-state index contributed by atoms with van der Waals surface area (Å²) in [6.45, 7) is -1.93. The third kappa shape index (κ3) is 7.96. The largest absolute Gasteiger partial charge is 0.483 e. The first-order valence-corrected chi connectivity index (χ1v) is 15.3. The Kier molecular flexibility index (Phi) is 10.4. The lowest BCUT2D eigenvalue weighted by Gasteiger charge is -2.40. The molecule has 2 fully saturated rings. The van der Waals surface area contributed by atoms with E-state index >= 15 is 0 Å². The Bertz CT molecular complexity index is 1570. The summed E-state index contributed by atoms with van der Waals surface area (Å²) in [5.74, 6) is -1.04. The van der Waals surface area contributed by atoms with Crippen molar-refractivity contribution in [2.45, 2.75) is 55.6 Å². The number of nitrogens with zero attached hydrogens (tertiary/aromatic N) is 6. The number of nitrogens with two attached hydrogens (primary N) is 1. The zero-order valence-electron chi connectivity index (χ0n) is 22.0. The summed E-state index contributed by atoms with van der Waals surface area (Å²) >= 11 is 0. The summed E-state index contributed by atoms with van der Waals surface area (Å²) in [6, 6.07) is 0. The molecule has 0 bridgehead atoms. The van der Waals surface area contributed by atoms with E-state index in [1.54, 1.807) is 0 Å². The van der Waals surface area contributed by atoms with E-state index < -0.39 is 95.9 Å². The van der Waals surface area contributed by atoms with E-state index in [0.29, 0.717) is 0 Å². The molecule has 4 rings (SSSR count). The van der Waals surface area contributed by atoms with E-state index in [0.717, 1.165) is 6.33 Å². The van der Waals surface area contributed by atoms with Gasteiger partial charge in [0, 0.05) is 17.9 Å². The standard InChI is InChI=1S/C18H27N9O15P2/c19-18-24-14-10(15(33)25-18)22-5-27(14)16-7(28)1-6(39-16)4-38-43(34,35)42-44(36,37)41-17-13(32)12(31)11(30)8(40-17)2-21-9(29)3-23-26-20/h5-8,11-13,16-17,28,30-32H,1-4H2,(H,21,29)(H,34,35)(H,36,37)(H3,19,24,25,33)/t6-,7-,8?,11+,12?,13?,16+,17+/m0/s1. The van der Waals surface area contributed by atoms with Gasteiger partial charge in [-0.2, -0.15) is 9.29 Å². The van der Waals surface area contributed by atoms with Gasteiger partial charge in [-0.1, -0.05) is 5.11 Å². The highest BCUT2D eigenvalue weighted by Gasteiger charge is 2.49. The van der Waals surface area contributed by atoms with Gasteiger partial charge < -0.3 is 50.7 Å². The number of fused-ring (bicyclic) bond motifs is 1. The van der Waals surface area contributed by atoms with E-state index in [1.807, 2.05) is 0 Å². The molecule has 0 spiro atoms. The average molecular weight is 671 g/mol. The lowest BCUT2D eigenvalue weighted by Crippen LogP contribution is -2.60. The molecular weight excluding hydrogens is 644 g/mol. The van der Waals surface area contributed by atoms with Crippen LogP contribution in [0.3, 0.4) is 0 Å². The van der Waals surface area contributed by atoms with Gasteiger partial charge in [-0.05, 0) is 5.53 Å². The van der Waals surface area contributed by atoms with Crippen LogP contribution >= 0.6 is 15.6 Å². The van der Waals surface area contributed by atoms with Crippen LogP contribution in [-0.2, 0) is 36.8 Å². The van der Waals surface area contributed by atoms with Crippen LogP contribution in [0.25, 0.3) is 21.6 Å². The Morgan fingerprint density at radius 2 is 1.95 bits per heavy atom. The Morgan fingerprint density at radius 3 is 2.66 bits per heavy atom. The number of aliphatic hydroxyl groups is 4. The van der Waals surface area contributed by atoms with Crippen LogP contribution < -0.4 is 16.6 Å². The van der Waals surface area contributed by atoms with Gasteiger partial charge in [0.1, 0.15) is 37.1 Å². The van der Waals surface area contributed by atoms with E-state index in [2.05, 4.69) is 39.1 Å². The minimum Gasteiger partial charge on any atom is -0.388 e.